The lowest BCUT2D eigenvalue weighted by atomic mass is 10.0. The van der Waals surface area contributed by atoms with E-state index >= 15 is 4.39 Å². The molecule has 0 bridgehead atoms. The van der Waals surface area contributed by atoms with E-state index in [4.69, 9.17) is 0 Å². The first-order chi connectivity index (χ1) is 21.1. The van der Waals surface area contributed by atoms with Gasteiger partial charge in [0.2, 0.25) is 11.8 Å². The van der Waals surface area contributed by atoms with Crippen molar-refractivity contribution in [3.63, 3.8) is 0 Å². The first-order valence-corrected chi connectivity index (χ1v) is 16.5. The zero-order valence-electron chi connectivity index (χ0n) is 24.6. The number of carbonyl (C=O) groups is 2. The second-order valence-corrected chi connectivity index (χ2v) is 13.6. The van der Waals surface area contributed by atoms with Crippen molar-refractivity contribution in [2.45, 2.75) is 37.8 Å². The zero-order valence-corrected chi connectivity index (χ0v) is 27.0. The third-order valence-corrected chi connectivity index (χ3v) is 9.20. The van der Waals surface area contributed by atoms with Gasteiger partial charge in [-0.3, -0.25) is 13.9 Å². The Morgan fingerprint density at radius 1 is 0.841 bits per heavy atom. The van der Waals surface area contributed by atoms with Crippen LogP contribution in [0.15, 0.2) is 119 Å². The maximum absolute atomic E-state index is 15.2. The molecule has 4 aromatic rings. The second-order valence-electron chi connectivity index (χ2n) is 10.8. The van der Waals surface area contributed by atoms with Gasteiger partial charge in [0.25, 0.3) is 10.0 Å². The zero-order chi connectivity index (χ0) is 31.7. The second kappa shape index (κ2) is 15.1. The molecule has 230 valence electrons. The van der Waals surface area contributed by atoms with Crippen molar-refractivity contribution in [2.75, 3.05) is 17.4 Å². The van der Waals surface area contributed by atoms with Crippen molar-refractivity contribution in [3.8, 4) is 0 Å². The van der Waals surface area contributed by atoms with Gasteiger partial charge in [0.1, 0.15) is 18.4 Å². The van der Waals surface area contributed by atoms with Crippen LogP contribution in [-0.4, -0.2) is 44.3 Å². The smallest absolute Gasteiger partial charge is 0.264 e. The number of amides is 2. The van der Waals surface area contributed by atoms with Gasteiger partial charge in [-0.25, -0.2) is 12.8 Å². The summed E-state index contributed by atoms with van der Waals surface area (Å²) in [6.07, 6.45) is 0.190. The average molecular weight is 681 g/mol. The summed E-state index contributed by atoms with van der Waals surface area (Å²) >= 11 is 3.47. The largest absolute Gasteiger partial charge is 0.354 e. The van der Waals surface area contributed by atoms with Crippen LogP contribution < -0.4 is 9.62 Å². The number of benzene rings is 4. The molecule has 0 aliphatic heterocycles. The maximum Gasteiger partial charge on any atom is 0.264 e. The molecular formula is C34H35BrFN3O4S. The molecule has 0 heterocycles. The Morgan fingerprint density at radius 2 is 1.45 bits per heavy atom. The maximum atomic E-state index is 15.2. The molecule has 0 spiro atoms. The van der Waals surface area contributed by atoms with Crippen molar-refractivity contribution in [3.05, 3.63) is 131 Å². The Labute approximate surface area is 266 Å². The number of rotatable bonds is 13. The SMILES string of the molecule is CC(C)CNC(=O)[C@H](Cc1ccccc1)N(Cc1cccc(Br)c1)C(=O)CN(c1ccccc1F)S(=O)(=O)c1ccccc1. The predicted molar refractivity (Wildman–Crippen MR) is 174 cm³/mol. The van der Waals surface area contributed by atoms with Gasteiger partial charge in [0, 0.05) is 24.0 Å². The van der Waals surface area contributed by atoms with Crippen LogP contribution >= 0.6 is 15.9 Å². The molecule has 44 heavy (non-hydrogen) atoms. The minimum absolute atomic E-state index is 0.0152. The van der Waals surface area contributed by atoms with Crippen molar-refractivity contribution in [1.29, 1.82) is 0 Å². The lowest BCUT2D eigenvalue weighted by Gasteiger charge is -2.34. The Hall–Kier alpha value is -4.02. The number of sulfonamides is 1. The molecule has 0 radical (unpaired) electrons. The minimum atomic E-state index is -4.37. The van der Waals surface area contributed by atoms with E-state index in [-0.39, 0.29) is 35.4 Å². The average Bonchev–Trinajstić information content (AvgIpc) is 3.01. The summed E-state index contributed by atoms with van der Waals surface area (Å²) in [4.78, 5) is 29.5. The van der Waals surface area contributed by atoms with Gasteiger partial charge in [-0.1, -0.05) is 103 Å². The van der Waals surface area contributed by atoms with Crippen molar-refractivity contribution in [2.24, 2.45) is 5.92 Å². The van der Waals surface area contributed by atoms with Crippen molar-refractivity contribution < 1.29 is 22.4 Å². The van der Waals surface area contributed by atoms with Gasteiger partial charge >= 0.3 is 0 Å². The molecule has 0 unspecified atom stereocenters. The summed E-state index contributed by atoms with van der Waals surface area (Å²) < 4.78 is 44.6. The molecule has 0 aromatic heterocycles. The minimum Gasteiger partial charge on any atom is -0.354 e. The Kier molecular flexibility index (Phi) is 11.3. The lowest BCUT2D eigenvalue weighted by molar-refractivity contribution is -0.140. The molecule has 1 N–H and O–H groups in total. The summed E-state index contributed by atoms with van der Waals surface area (Å²) in [5, 5.41) is 2.95. The monoisotopic (exact) mass is 679 g/mol. The van der Waals surface area contributed by atoms with Crippen LogP contribution in [0.1, 0.15) is 25.0 Å². The normalized spacial score (nSPS) is 12.0. The molecule has 10 heteroatoms. The Balaban J connectivity index is 1.80. The van der Waals surface area contributed by atoms with E-state index in [1.165, 1.54) is 35.2 Å². The summed E-state index contributed by atoms with van der Waals surface area (Å²) in [5.74, 6) is -1.66. The van der Waals surface area contributed by atoms with Gasteiger partial charge in [0.15, 0.2) is 0 Å². The summed E-state index contributed by atoms with van der Waals surface area (Å²) in [6.45, 7) is 3.62. The topological polar surface area (TPSA) is 86.8 Å². The van der Waals surface area contributed by atoms with E-state index in [0.29, 0.717) is 6.54 Å². The third kappa shape index (κ3) is 8.54. The predicted octanol–water partition coefficient (Wildman–Crippen LogP) is 6.20. The highest BCUT2D eigenvalue weighted by Gasteiger charge is 2.35. The number of para-hydroxylation sites is 1. The molecule has 4 aromatic carbocycles. The molecule has 0 saturated heterocycles. The van der Waals surface area contributed by atoms with Crippen LogP contribution in [0, 0.1) is 11.7 Å². The Morgan fingerprint density at radius 3 is 2.09 bits per heavy atom. The highest BCUT2D eigenvalue weighted by Crippen LogP contribution is 2.27. The van der Waals surface area contributed by atoms with Crippen LogP contribution in [0.3, 0.4) is 0 Å². The standard InChI is InChI=1S/C34H35BrFN3O4S/c1-25(2)22-37-34(41)32(21-26-12-5-3-6-13-26)38(23-27-14-11-15-28(35)20-27)33(40)24-39(31-19-10-9-18-30(31)36)44(42,43)29-16-7-4-8-17-29/h3-20,25,32H,21-24H2,1-2H3,(H,37,41)/t32-/m0/s1. The van der Waals surface area contributed by atoms with E-state index in [1.807, 2.05) is 68.4 Å². The fourth-order valence-electron chi connectivity index (χ4n) is 4.70. The van der Waals surface area contributed by atoms with E-state index < -0.39 is 34.3 Å². The van der Waals surface area contributed by atoms with E-state index in [1.54, 1.807) is 18.2 Å². The van der Waals surface area contributed by atoms with Gasteiger partial charge < -0.3 is 10.2 Å². The van der Waals surface area contributed by atoms with Crippen LogP contribution in [-0.2, 0) is 32.6 Å². The molecule has 0 aliphatic rings. The van der Waals surface area contributed by atoms with Gasteiger partial charge in [-0.2, -0.15) is 0 Å². The van der Waals surface area contributed by atoms with Crippen LogP contribution in [0.5, 0.6) is 0 Å². The van der Waals surface area contributed by atoms with E-state index in [2.05, 4.69) is 21.2 Å². The molecular weight excluding hydrogens is 645 g/mol. The summed E-state index contributed by atoms with van der Waals surface area (Å²) in [7, 11) is -4.37. The van der Waals surface area contributed by atoms with Gasteiger partial charge in [-0.05, 0) is 53.4 Å². The molecule has 0 fully saturated rings. The molecule has 0 saturated carbocycles. The van der Waals surface area contributed by atoms with Crippen LogP contribution in [0.2, 0.25) is 0 Å². The number of hydrogen-bond acceptors (Lipinski definition) is 4. The number of halogens is 2. The fraction of sp³-hybridized carbons (Fsp3) is 0.235. The van der Waals surface area contributed by atoms with Gasteiger partial charge in [-0.15, -0.1) is 0 Å². The van der Waals surface area contributed by atoms with Gasteiger partial charge in [0.05, 0.1) is 10.6 Å². The van der Waals surface area contributed by atoms with Crippen LogP contribution in [0.25, 0.3) is 0 Å². The number of anilines is 1. The summed E-state index contributed by atoms with van der Waals surface area (Å²) in [6, 6.07) is 28.6. The first-order valence-electron chi connectivity index (χ1n) is 14.2. The van der Waals surface area contributed by atoms with Crippen molar-refractivity contribution in [1.82, 2.24) is 10.2 Å². The molecule has 7 nitrogen and oxygen atoms in total. The van der Waals surface area contributed by atoms with Crippen molar-refractivity contribution >= 4 is 43.5 Å². The molecule has 4 rings (SSSR count). The quantitative estimate of drug-likeness (QED) is 0.182. The molecule has 2 amide bonds. The molecule has 0 aliphatic carbocycles. The number of nitrogens with zero attached hydrogens (tertiary/aromatic N) is 2. The first kappa shape index (κ1) is 32.9. The fourth-order valence-corrected chi connectivity index (χ4v) is 6.59. The highest BCUT2D eigenvalue weighted by atomic mass is 79.9. The lowest BCUT2D eigenvalue weighted by Crippen LogP contribution is -2.53. The molecule has 1 atom stereocenters. The number of carbonyl (C=O) groups excluding carboxylic acids is 2. The summed E-state index contributed by atoms with van der Waals surface area (Å²) in [5.41, 5.74) is 1.29. The number of hydrogen-bond donors (Lipinski definition) is 1. The van der Waals surface area contributed by atoms with Crippen LogP contribution in [0.4, 0.5) is 10.1 Å². The number of nitrogens with one attached hydrogen (secondary N) is 1. The van der Waals surface area contributed by atoms with E-state index in [0.717, 1.165) is 26.0 Å². The third-order valence-electron chi connectivity index (χ3n) is 6.93. The highest BCUT2D eigenvalue weighted by molar-refractivity contribution is 9.10. The Bertz CT molecular complexity index is 1670. The van der Waals surface area contributed by atoms with E-state index in [9.17, 15) is 18.0 Å².